The van der Waals surface area contributed by atoms with Gasteiger partial charge in [-0.2, -0.15) is 4.80 Å². The van der Waals surface area contributed by atoms with Crippen LogP contribution in [0.25, 0.3) is 0 Å². The Morgan fingerprint density at radius 2 is 2.38 bits per heavy atom. The van der Waals surface area contributed by atoms with Crippen molar-refractivity contribution in [1.82, 2.24) is 25.1 Å². The van der Waals surface area contributed by atoms with Crippen LogP contribution >= 0.6 is 15.9 Å². The van der Waals surface area contributed by atoms with Crippen LogP contribution in [0.4, 0.5) is 0 Å². The Morgan fingerprint density at radius 1 is 1.50 bits per heavy atom. The highest BCUT2D eigenvalue weighted by molar-refractivity contribution is 9.09. The van der Waals surface area contributed by atoms with Gasteiger partial charge in [0, 0.05) is 11.9 Å². The molecule has 1 aliphatic rings. The maximum atomic E-state index is 4.22. The van der Waals surface area contributed by atoms with Crippen LogP contribution in [0.5, 0.6) is 0 Å². The Hall–Kier alpha value is -0.490. The zero-order chi connectivity index (χ0) is 11.4. The molecule has 2 rings (SSSR count). The minimum Gasteiger partial charge on any atom is -0.296 e. The van der Waals surface area contributed by atoms with E-state index in [1.54, 1.807) is 7.05 Å². The second-order valence-corrected chi connectivity index (χ2v) is 5.21. The summed E-state index contributed by atoms with van der Waals surface area (Å²) >= 11 is 3.52. The van der Waals surface area contributed by atoms with Gasteiger partial charge >= 0.3 is 0 Å². The molecule has 1 aliphatic heterocycles. The number of hydrogen-bond acceptors (Lipinski definition) is 4. The second kappa shape index (κ2) is 5.72. The number of hydrogen-bond donors (Lipinski definition) is 0. The molecular formula is C10H18BrN5. The van der Waals surface area contributed by atoms with Crippen LogP contribution < -0.4 is 0 Å². The fourth-order valence-electron chi connectivity index (χ4n) is 2.27. The van der Waals surface area contributed by atoms with E-state index >= 15 is 0 Å². The summed E-state index contributed by atoms with van der Waals surface area (Å²) in [5, 5.41) is 13.2. The Kier molecular flexibility index (Phi) is 4.29. The lowest BCUT2D eigenvalue weighted by molar-refractivity contribution is 0.162. The first-order chi connectivity index (χ1) is 7.78. The van der Waals surface area contributed by atoms with Crippen molar-refractivity contribution >= 4 is 15.9 Å². The number of piperidine rings is 1. The number of likely N-dealkylation sites (tertiary alicyclic amines) is 1. The van der Waals surface area contributed by atoms with Crippen molar-refractivity contribution in [2.24, 2.45) is 13.0 Å². The molecule has 1 atom stereocenters. The predicted molar refractivity (Wildman–Crippen MR) is 65.2 cm³/mol. The van der Waals surface area contributed by atoms with Crippen LogP contribution in [0.15, 0.2) is 0 Å². The van der Waals surface area contributed by atoms with E-state index in [2.05, 4.69) is 36.2 Å². The molecule has 0 amide bonds. The molecule has 0 radical (unpaired) electrons. The van der Waals surface area contributed by atoms with Gasteiger partial charge in [-0.1, -0.05) is 15.9 Å². The summed E-state index contributed by atoms with van der Waals surface area (Å²) < 4.78 is 0. The summed E-state index contributed by atoms with van der Waals surface area (Å²) in [6.45, 7) is 3.17. The first kappa shape index (κ1) is 12.0. The molecule has 6 heteroatoms. The molecule has 1 aromatic heterocycles. The average Bonchev–Trinajstić information content (AvgIpc) is 2.65. The molecule has 2 heterocycles. The van der Waals surface area contributed by atoms with Gasteiger partial charge in [0.05, 0.1) is 13.6 Å². The van der Waals surface area contributed by atoms with E-state index in [4.69, 9.17) is 0 Å². The standard InChI is InChI=1S/C10H18BrN5/c1-15-13-10(12-14-15)8-16-6-2-3-9(7-16)4-5-11/h9H,2-8H2,1H3. The number of rotatable bonds is 4. The van der Waals surface area contributed by atoms with E-state index in [1.807, 2.05) is 0 Å². The fraction of sp³-hybridized carbons (Fsp3) is 0.900. The summed E-state index contributed by atoms with van der Waals surface area (Å²) in [6.07, 6.45) is 3.92. The van der Waals surface area contributed by atoms with Crippen molar-refractivity contribution in [2.45, 2.75) is 25.8 Å². The van der Waals surface area contributed by atoms with Gasteiger partial charge in [-0.15, -0.1) is 10.2 Å². The highest BCUT2D eigenvalue weighted by Crippen LogP contribution is 2.21. The van der Waals surface area contributed by atoms with Gasteiger partial charge < -0.3 is 0 Å². The normalized spacial score (nSPS) is 22.5. The van der Waals surface area contributed by atoms with Gasteiger partial charge in [0.25, 0.3) is 0 Å². The van der Waals surface area contributed by atoms with Gasteiger partial charge in [0.2, 0.25) is 0 Å². The maximum Gasteiger partial charge on any atom is 0.188 e. The van der Waals surface area contributed by atoms with E-state index in [9.17, 15) is 0 Å². The van der Waals surface area contributed by atoms with Gasteiger partial charge in [0.15, 0.2) is 5.82 Å². The third kappa shape index (κ3) is 3.25. The summed E-state index contributed by atoms with van der Waals surface area (Å²) in [6, 6.07) is 0. The highest BCUT2D eigenvalue weighted by Gasteiger charge is 2.20. The Morgan fingerprint density at radius 3 is 3.06 bits per heavy atom. The van der Waals surface area contributed by atoms with Crippen molar-refractivity contribution in [1.29, 1.82) is 0 Å². The van der Waals surface area contributed by atoms with E-state index in [0.717, 1.165) is 30.2 Å². The molecule has 1 aromatic rings. The molecule has 0 N–H and O–H groups in total. The van der Waals surface area contributed by atoms with Crippen molar-refractivity contribution in [3.8, 4) is 0 Å². The molecule has 0 aliphatic carbocycles. The summed E-state index contributed by atoms with van der Waals surface area (Å²) in [5.74, 6) is 1.66. The Balaban J connectivity index is 1.85. The lowest BCUT2D eigenvalue weighted by Gasteiger charge is -2.31. The zero-order valence-corrected chi connectivity index (χ0v) is 11.2. The fourth-order valence-corrected chi connectivity index (χ4v) is 2.92. The van der Waals surface area contributed by atoms with E-state index in [1.165, 1.54) is 30.6 Å². The Labute approximate surface area is 104 Å². The monoisotopic (exact) mass is 287 g/mol. The number of aromatic nitrogens is 4. The van der Waals surface area contributed by atoms with E-state index < -0.39 is 0 Å². The smallest absolute Gasteiger partial charge is 0.188 e. The van der Waals surface area contributed by atoms with Crippen LogP contribution in [0.1, 0.15) is 25.1 Å². The van der Waals surface area contributed by atoms with E-state index in [0.29, 0.717) is 0 Å². The van der Waals surface area contributed by atoms with Gasteiger partial charge in [-0.25, -0.2) is 0 Å². The van der Waals surface area contributed by atoms with Gasteiger partial charge in [-0.05, 0) is 36.9 Å². The quantitative estimate of drug-likeness (QED) is 0.781. The molecule has 1 fully saturated rings. The number of tetrazole rings is 1. The van der Waals surface area contributed by atoms with Crippen LogP contribution in [0.2, 0.25) is 0 Å². The molecule has 0 saturated carbocycles. The van der Waals surface area contributed by atoms with Crippen LogP contribution in [-0.2, 0) is 13.6 Å². The lowest BCUT2D eigenvalue weighted by atomic mass is 9.96. The molecule has 0 aromatic carbocycles. The molecule has 5 nitrogen and oxygen atoms in total. The molecule has 1 saturated heterocycles. The maximum absolute atomic E-state index is 4.22. The lowest BCUT2D eigenvalue weighted by Crippen LogP contribution is -2.35. The van der Waals surface area contributed by atoms with Crippen LogP contribution in [0, 0.1) is 5.92 Å². The van der Waals surface area contributed by atoms with Crippen LogP contribution in [-0.4, -0.2) is 43.5 Å². The SMILES string of the molecule is Cn1nnc(CN2CCCC(CCBr)C2)n1. The Bertz CT molecular complexity index is 325. The first-order valence-electron chi connectivity index (χ1n) is 5.79. The van der Waals surface area contributed by atoms with Crippen molar-refractivity contribution in [3.05, 3.63) is 5.82 Å². The largest absolute Gasteiger partial charge is 0.296 e. The number of aryl methyl sites for hydroxylation is 1. The number of alkyl halides is 1. The van der Waals surface area contributed by atoms with Crippen LogP contribution in [0.3, 0.4) is 0 Å². The summed E-state index contributed by atoms with van der Waals surface area (Å²) in [5.41, 5.74) is 0. The average molecular weight is 288 g/mol. The van der Waals surface area contributed by atoms with Crippen molar-refractivity contribution < 1.29 is 0 Å². The van der Waals surface area contributed by atoms with Gasteiger partial charge in [0.1, 0.15) is 0 Å². The van der Waals surface area contributed by atoms with Crippen molar-refractivity contribution in [3.63, 3.8) is 0 Å². The molecule has 0 spiro atoms. The second-order valence-electron chi connectivity index (χ2n) is 4.42. The number of nitrogens with zero attached hydrogens (tertiary/aromatic N) is 5. The summed E-state index contributed by atoms with van der Waals surface area (Å²) in [7, 11) is 1.81. The highest BCUT2D eigenvalue weighted by atomic mass is 79.9. The topological polar surface area (TPSA) is 46.8 Å². The van der Waals surface area contributed by atoms with E-state index in [-0.39, 0.29) is 0 Å². The predicted octanol–water partition coefficient (Wildman–Crippen LogP) is 1.21. The number of halogens is 1. The summed E-state index contributed by atoms with van der Waals surface area (Å²) in [4.78, 5) is 3.96. The molecule has 16 heavy (non-hydrogen) atoms. The van der Waals surface area contributed by atoms with Crippen molar-refractivity contribution in [2.75, 3.05) is 18.4 Å². The third-order valence-electron chi connectivity index (χ3n) is 3.04. The molecule has 0 bridgehead atoms. The first-order valence-corrected chi connectivity index (χ1v) is 6.91. The minimum absolute atomic E-state index is 0.824. The minimum atomic E-state index is 0.824. The molecule has 1 unspecified atom stereocenters. The third-order valence-corrected chi connectivity index (χ3v) is 3.49. The molecular weight excluding hydrogens is 270 g/mol. The van der Waals surface area contributed by atoms with Gasteiger partial charge in [-0.3, -0.25) is 4.90 Å². The molecule has 90 valence electrons. The zero-order valence-electron chi connectivity index (χ0n) is 9.64.